The average molecular weight is 380 g/mol. The highest BCUT2D eigenvalue weighted by Gasteiger charge is 2.11. The summed E-state index contributed by atoms with van der Waals surface area (Å²) in [5.74, 6) is 0.441. The lowest BCUT2D eigenvalue weighted by molar-refractivity contribution is 1.29. The summed E-state index contributed by atoms with van der Waals surface area (Å²) in [6.45, 7) is 5.55. The smallest absolute Gasteiger partial charge is 0.147 e. The van der Waals surface area contributed by atoms with Crippen LogP contribution in [0, 0.1) is 6.92 Å². The first-order valence-electron chi connectivity index (χ1n) is 9.11. The van der Waals surface area contributed by atoms with Crippen LogP contribution in [0.1, 0.15) is 11.1 Å². The van der Waals surface area contributed by atoms with Gasteiger partial charge in [0.2, 0.25) is 0 Å². The molecule has 29 heavy (non-hydrogen) atoms. The third-order valence-corrected chi connectivity index (χ3v) is 4.63. The Bertz CT molecular complexity index is 1230. The Labute approximate surface area is 168 Å². The van der Waals surface area contributed by atoms with Crippen molar-refractivity contribution in [1.82, 2.24) is 15.0 Å². The van der Waals surface area contributed by atoms with E-state index in [-0.39, 0.29) is 0 Å². The molecule has 0 unspecified atom stereocenters. The van der Waals surface area contributed by atoms with Crippen molar-refractivity contribution in [2.45, 2.75) is 6.92 Å². The first kappa shape index (κ1) is 18.3. The van der Waals surface area contributed by atoms with Crippen molar-refractivity contribution in [3.63, 3.8) is 0 Å². The molecular weight excluding hydrogens is 360 g/mol. The van der Waals surface area contributed by atoms with Crippen LogP contribution in [0.2, 0.25) is 0 Å². The Kier molecular flexibility index (Phi) is 4.99. The standard InChI is InChI=1S/C23H20N6/c1-15-12-17(6-5-16(15)7-9-25-2)19-13-18(14-21-22(19)27-11-10-26-21)29-20-4-3-8-28-23(20)24/h3-14,29H,2H2,1H3,(H2,24,28)/b9-7-. The van der Waals surface area contributed by atoms with Crippen LogP contribution >= 0.6 is 0 Å². The number of anilines is 3. The Balaban J connectivity index is 1.83. The average Bonchev–Trinajstić information content (AvgIpc) is 2.74. The molecule has 0 amide bonds. The number of hydrogen-bond acceptors (Lipinski definition) is 6. The van der Waals surface area contributed by atoms with Crippen molar-refractivity contribution >= 4 is 41.0 Å². The molecule has 0 aliphatic rings. The Morgan fingerprint density at radius 1 is 1.03 bits per heavy atom. The minimum Gasteiger partial charge on any atom is -0.382 e. The zero-order valence-corrected chi connectivity index (χ0v) is 16.0. The van der Waals surface area contributed by atoms with E-state index < -0.39 is 0 Å². The van der Waals surface area contributed by atoms with Crippen molar-refractivity contribution in [2.75, 3.05) is 11.1 Å². The highest BCUT2D eigenvalue weighted by Crippen LogP contribution is 2.33. The van der Waals surface area contributed by atoms with Gasteiger partial charge in [-0.25, -0.2) is 4.98 Å². The summed E-state index contributed by atoms with van der Waals surface area (Å²) in [4.78, 5) is 17.0. The number of fused-ring (bicyclic) bond motifs is 1. The molecule has 0 saturated carbocycles. The molecule has 0 aliphatic heterocycles. The molecule has 0 saturated heterocycles. The van der Waals surface area contributed by atoms with Gasteiger partial charge in [-0.1, -0.05) is 18.2 Å². The Morgan fingerprint density at radius 3 is 2.69 bits per heavy atom. The molecule has 0 aliphatic carbocycles. The summed E-state index contributed by atoms with van der Waals surface area (Å²) in [6, 6.07) is 14.0. The quantitative estimate of drug-likeness (QED) is 0.476. The lowest BCUT2D eigenvalue weighted by Crippen LogP contribution is -1.99. The van der Waals surface area contributed by atoms with Gasteiger partial charge in [0, 0.05) is 36.0 Å². The van der Waals surface area contributed by atoms with Crippen LogP contribution in [-0.4, -0.2) is 21.7 Å². The zero-order chi connectivity index (χ0) is 20.2. The number of aryl methyl sites for hydroxylation is 1. The molecule has 0 atom stereocenters. The number of aliphatic imine (C=N–C) groups is 1. The van der Waals surface area contributed by atoms with Gasteiger partial charge in [-0.05, 0) is 60.7 Å². The molecule has 2 aromatic heterocycles. The predicted molar refractivity (Wildman–Crippen MR) is 120 cm³/mol. The molecule has 0 fully saturated rings. The van der Waals surface area contributed by atoms with E-state index >= 15 is 0 Å². The molecular formula is C23H20N6. The zero-order valence-electron chi connectivity index (χ0n) is 16.0. The van der Waals surface area contributed by atoms with Crippen LogP contribution in [-0.2, 0) is 0 Å². The van der Waals surface area contributed by atoms with E-state index in [1.54, 1.807) is 24.8 Å². The van der Waals surface area contributed by atoms with E-state index in [1.807, 2.05) is 24.3 Å². The number of benzene rings is 2. The third-order valence-electron chi connectivity index (χ3n) is 4.63. The normalized spacial score (nSPS) is 11.1. The summed E-state index contributed by atoms with van der Waals surface area (Å²) >= 11 is 0. The van der Waals surface area contributed by atoms with Crippen LogP contribution in [0.4, 0.5) is 17.2 Å². The van der Waals surface area contributed by atoms with Crippen LogP contribution < -0.4 is 11.1 Å². The molecule has 142 valence electrons. The Hall–Kier alpha value is -4.06. The Morgan fingerprint density at radius 2 is 1.90 bits per heavy atom. The fraction of sp³-hybridized carbons (Fsp3) is 0.0435. The number of pyridine rings is 1. The van der Waals surface area contributed by atoms with Crippen molar-refractivity contribution in [2.24, 2.45) is 4.99 Å². The highest BCUT2D eigenvalue weighted by atomic mass is 15.0. The van der Waals surface area contributed by atoms with Gasteiger partial charge < -0.3 is 11.1 Å². The second-order valence-corrected chi connectivity index (χ2v) is 6.58. The number of hydrogen-bond donors (Lipinski definition) is 2. The maximum atomic E-state index is 5.99. The van der Waals surface area contributed by atoms with Gasteiger partial charge in [-0.2, -0.15) is 0 Å². The largest absolute Gasteiger partial charge is 0.382 e. The third kappa shape index (κ3) is 3.82. The predicted octanol–water partition coefficient (Wildman–Crippen LogP) is 5.00. The maximum Gasteiger partial charge on any atom is 0.147 e. The number of nitrogens with zero attached hydrogens (tertiary/aromatic N) is 4. The molecule has 4 rings (SSSR count). The van der Waals surface area contributed by atoms with Crippen LogP contribution in [0.15, 0.2) is 72.2 Å². The molecule has 4 aromatic rings. The van der Waals surface area contributed by atoms with E-state index in [1.165, 1.54) is 0 Å². The summed E-state index contributed by atoms with van der Waals surface area (Å²) < 4.78 is 0. The lowest BCUT2D eigenvalue weighted by atomic mass is 9.98. The number of rotatable bonds is 5. The first-order chi connectivity index (χ1) is 14.2. The summed E-state index contributed by atoms with van der Waals surface area (Å²) in [7, 11) is 0. The van der Waals surface area contributed by atoms with Crippen LogP contribution in [0.5, 0.6) is 0 Å². The van der Waals surface area contributed by atoms with Crippen molar-refractivity contribution in [3.05, 3.63) is 78.4 Å². The van der Waals surface area contributed by atoms with Crippen molar-refractivity contribution in [3.8, 4) is 11.1 Å². The molecule has 0 spiro atoms. The first-order valence-corrected chi connectivity index (χ1v) is 9.11. The number of aromatic nitrogens is 3. The summed E-state index contributed by atoms with van der Waals surface area (Å²) in [5, 5.41) is 3.34. The van der Waals surface area contributed by atoms with E-state index in [9.17, 15) is 0 Å². The minimum absolute atomic E-state index is 0.441. The summed E-state index contributed by atoms with van der Waals surface area (Å²) in [5.41, 5.74) is 13.5. The van der Waals surface area contributed by atoms with Crippen LogP contribution in [0.25, 0.3) is 28.2 Å². The molecule has 0 radical (unpaired) electrons. The molecule has 6 heteroatoms. The van der Waals surface area contributed by atoms with Crippen LogP contribution in [0.3, 0.4) is 0 Å². The fourth-order valence-corrected chi connectivity index (χ4v) is 3.21. The van der Waals surface area contributed by atoms with Gasteiger partial charge in [-0.3, -0.25) is 15.0 Å². The molecule has 2 heterocycles. The van der Waals surface area contributed by atoms with E-state index in [0.717, 1.165) is 44.7 Å². The lowest BCUT2D eigenvalue weighted by Gasteiger charge is -2.13. The van der Waals surface area contributed by atoms with Gasteiger partial charge in [0.1, 0.15) is 5.82 Å². The maximum absolute atomic E-state index is 5.99. The van der Waals surface area contributed by atoms with Gasteiger partial charge in [-0.15, -0.1) is 0 Å². The monoisotopic (exact) mass is 380 g/mol. The molecule has 2 aromatic carbocycles. The van der Waals surface area contributed by atoms with E-state index in [4.69, 9.17) is 5.73 Å². The fourth-order valence-electron chi connectivity index (χ4n) is 3.21. The second kappa shape index (κ2) is 7.90. The van der Waals surface area contributed by atoms with Gasteiger partial charge in [0.05, 0.1) is 16.7 Å². The highest BCUT2D eigenvalue weighted by molar-refractivity contribution is 5.95. The van der Waals surface area contributed by atoms with Gasteiger partial charge >= 0.3 is 0 Å². The SMILES string of the molecule is C=N/C=C\c1ccc(-c2cc(Nc3cccnc3N)cc3nccnc23)cc1C. The van der Waals surface area contributed by atoms with Crippen molar-refractivity contribution in [1.29, 1.82) is 0 Å². The topological polar surface area (TPSA) is 89.1 Å². The second-order valence-electron chi connectivity index (χ2n) is 6.58. The van der Waals surface area contributed by atoms with E-state index in [2.05, 4.69) is 63.2 Å². The molecule has 6 nitrogen and oxygen atoms in total. The minimum atomic E-state index is 0.441. The summed E-state index contributed by atoms with van der Waals surface area (Å²) in [6.07, 6.45) is 8.69. The van der Waals surface area contributed by atoms with Gasteiger partial charge in [0.25, 0.3) is 0 Å². The van der Waals surface area contributed by atoms with E-state index in [0.29, 0.717) is 5.82 Å². The van der Waals surface area contributed by atoms with Crippen molar-refractivity contribution < 1.29 is 0 Å². The molecule has 0 bridgehead atoms. The number of nitrogen functional groups attached to an aromatic ring is 1. The molecule has 3 N–H and O–H groups in total. The van der Waals surface area contributed by atoms with Gasteiger partial charge in [0.15, 0.2) is 0 Å². The number of nitrogens with two attached hydrogens (primary N) is 1. The number of nitrogens with one attached hydrogen (secondary N) is 1.